The van der Waals surface area contributed by atoms with Crippen LogP contribution in [0.2, 0.25) is 0 Å². The molecule has 0 bridgehead atoms. The van der Waals surface area contributed by atoms with Gasteiger partial charge in [-0.25, -0.2) is 0 Å². The lowest BCUT2D eigenvalue weighted by atomic mass is 9.86. The highest BCUT2D eigenvalue weighted by molar-refractivity contribution is 5.38. The zero-order valence-electron chi connectivity index (χ0n) is 21.7. The van der Waals surface area contributed by atoms with Gasteiger partial charge in [0.1, 0.15) is 17.1 Å². The number of hydrogen-bond acceptors (Lipinski definition) is 2. The molecule has 2 aromatic carbocycles. The summed E-state index contributed by atoms with van der Waals surface area (Å²) in [6, 6.07) is 17.5. The van der Waals surface area contributed by atoms with Crippen molar-refractivity contribution >= 4 is 0 Å². The molecule has 0 N–H and O–H groups in total. The average Bonchev–Trinajstić information content (AvgIpc) is 2.71. The molecule has 2 nitrogen and oxygen atoms in total. The lowest BCUT2D eigenvalue weighted by Gasteiger charge is -2.23. The second-order valence-electron chi connectivity index (χ2n) is 11.3. The van der Waals surface area contributed by atoms with Crippen LogP contribution >= 0.6 is 0 Å². The maximum Gasteiger partial charge on any atom is 0.120 e. The first-order valence-corrected chi connectivity index (χ1v) is 12.6. The van der Waals surface area contributed by atoms with E-state index in [0.29, 0.717) is 5.92 Å². The summed E-state index contributed by atoms with van der Waals surface area (Å²) in [5.74, 6) is 2.29. The van der Waals surface area contributed by atoms with Crippen LogP contribution in [0.3, 0.4) is 0 Å². The van der Waals surface area contributed by atoms with E-state index in [1.807, 2.05) is 0 Å². The van der Waals surface area contributed by atoms with Crippen LogP contribution in [0.5, 0.6) is 11.5 Å². The summed E-state index contributed by atoms with van der Waals surface area (Å²) in [5.41, 5.74) is 2.72. The van der Waals surface area contributed by atoms with Gasteiger partial charge in [-0.3, -0.25) is 0 Å². The Labute approximate surface area is 197 Å². The third-order valence-corrected chi connectivity index (χ3v) is 5.51. The number of unbranched alkanes of at least 4 members (excludes halogenated alkanes) is 5. The molecule has 0 fully saturated rings. The molecule has 0 spiro atoms. The van der Waals surface area contributed by atoms with E-state index in [2.05, 4.69) is 97.0 Å². The molecule has 0 saturated heterocycles. The molecule has 2 rings (SSSR count). The first-order valence-electron chi connectivity index (χ1n) is 12.6. The molecule has 0 saturated carbocycles. The monoisotopic (exact) mass is 438 g/mol. The molecule has 178 valence electrons. The summed E-state index contributed by atoms with van der Waals surface area (Å²) in [4.78, 5) is 0. The van der Waals surface area contributed by atoms with Crippen LogP contribution in [0.15, 0.2) is 48.5 Å². The van der Waals surface area contributed by atoms with Gasteiger partial charge < -0.3 is 9.47 Å². The van der Waals surface area contributed by atoms with Gasteiger partial charge >= 0.3 is 0 Å². The first-order chi connectivity index (χ1) is 15.1. The zero-order chi connectivity index (χ0) is 23.6. The second kappa shape index (κ2) is 12.3. The summed E-state index contributed by atoms with van der Waals surface area (Å²) in [6.45, 7) is 15.9. The average molecular weight is 439 g/mol. The van der Waals surface area contributed by atoms with E-state index in [1.165, 1.54) is 56.1 Å². The lowest BCUT2D eigenvalue weighted by molar-refractivity contribution is 0.131. The zero-order valence-corrected chi connectivity index (χ0v) is 21.7. The molecule has 2 aromatic rings. The lowest BCUT2D eigenvalue weighted by Crippen LogP contribution is -2.22. The van der Waals surface area contributed by atoms with Gasteiger partial charge in [0.05, 0.1) is 6.61 Å². The summed E-state index contributed by atoms with van der Waals surface area (Å²) in [7, 11) is 0. The molecule has 0 radical (unpaired) electrons. The highest BCUT2D eigenvalue weighted by Gasteiger charge is 2.17. The molecule has 1 atom stereocenters. The van der Waals surface area contributed by atoms with Crippen molar-refractivity contribution in [2.45, 2.75) is 105 Å². The molecule has 32 heavy (non-hydrogen) atoms. The number of benzene rings is 2. The summed E-state index contributed by atoms with van der Waals surface area (Å²) < 4.78 is 12.0. The second-order valence-corrected chi connectivity index (χ2v) is 11.3. The van der Waals surface area contributed by atoms with Crippen molar-refractivity contribution < 1.29 is 9.47 Å². The Kier molecular flexibility index (Phi) is 10.1. The van der Waals surface area contributed by atoms with Crippen LogP contribution in [0.4, 0.5) is 0 Å². The SMILES string of the molecule is CCCCCCCCC(c1ccc(OCC(C)(C)C)cc1)c1ccc(OC(C)(C)C)cc1. The molecular weight excluding hydrogens is 392 g/mol. The van der Waals surface area contributed by atoms with Crippen LogP contribution in [-0.2, 0) is 0 Å². The van der Waals surface area contributed by atoms with Crippen molar-refractivity contribution in [2.24, 2.45) is 5.41 Å². The third-order valence-electron chi connectivity index (χ3n) is 5.51. The van der Waals surface area contributed by atoms with Gasteiger partial charge in [0.2, 0.25) is 0 Å². The van der Waals surface area contributed by atoms with Gasteiger partial charge in [-0.05, 0) is 68.0 Å². The maximum absolute atomic E-state index is 6.03. The fraction of sp³-hybridized carbons (Fsp3) is 0.600. The third kappa shape index (κ3) is 10.1. The quantitative estimate of drug-likeness (QED) is 0.307. The van der Waals surface area contributed by atoms with E-state index in [9.17, 15) is 0 Å². The Morgan fingerprint density at radius 3 is 1.66 bits per heavy atom. The van der Waals surface area contributed by atoms with Crippen LogP contribution in [0.25, 0.3) is 0 Å². The van der Waals surface area contributed by atoms with E-state index < -0.39 is 0 Å². The Hall–Kier alpha value is -1.96. The van der Waals surface area contributed by atoms with Gasteiger partial charge in [-0.1, -0.05) is 90.5 Å². The normalized spacial score (nSPS) is 13.1. The Balaban J connectivity index is 2.11. The minimum absolute atomic E-state index is 0.163. The van der Waals surface area contributed by atoms with Crippen LogP contribution in [0.1, 0.15) is 110 Å². The Bertz CT molecular complexity index is 760. The smallest absolute Gasteiger partial charge is 0.120 e. The highest BCUT2D eigenvalue weighted by Crippen LogP contribution is 2.33. The van der Waals surface area contributed by atoms with E-state index in [4.69, 9.17) is 9.47 Å². The fourth-order valence-corrected chi connectivity index (χ4v) is 3.87. The Morgan fingerprint density at radius 2 is 1.16 bits per heavy atom. The van der Waals surface area contributed by atoms with Crippen molar-refractivity contribution in [3.63, 3.8) is 0 Å². The first kappa shape index (κ1) is 26.3. The van der Waals surface area contributed by atoms with E-state index in [-0.39, 0.29) is 11.0 Å². The molecule has 0 aliphatic carbocycles. The minimum atomic E-state index is -0.178. The molecule has 0 heterocycles. The molecule has 1 unspecified atom stereocenters. The fourth-order valence-electron chi connectivity index (χ4n) is 3.87. The van der Waals surface area contributed by atoms with Crippen LogP contribution in [0, 0.1) is 5.41 Å². The van der Waals surface area contributed by atoms with E-state index in [0.717, 1.165) is 18.1 Å². The predicted molar refractivity (Wildman–Crippen MR) is 138 cm³/mol. The van der Waals surface area contributed by atoms with Gasteiger partial charge in [0.25, 0.3) is 0 Å². The summed E-state index contributed by atoms with van der Waals surface area (Å²) in [6.07, 6.45) is 9.11. The summed E-state index contributed by atoms with van der Waals surface area (Å²) in [5, 5.41) is 0. The molecule has 0 aliphatic heterocycles. The van der Waals surface area contributed by atoms with Crippen molar-refractivity contribution in [3.05, 3.63) is 59.7 Å². The van der Waals surface area contributed by atoms with Crippen molar-refractivity contribution in [1.29, 1.82) is 0 Å². The maximum atomic E-state index is 6.03. The van der Waals surface area contributed by atoms with Crippen LogP contribution in [-0.4, -0.2) is 12.2 Å². The number of ether oxygens (including phenoxy) is 2. The van der Waals surface area contributed by atoms with E-state index in [1.54, 1.807) is 0 Å². The minimum Gasteiger partial charge on any atom is -0.493 e. The van der Waals surface area contributed by atoms with Gasteiger partial charge in [-0.2, -0.15) is 0 Å². The molecule has 2 heteroatoms. The van der Waals surface area contributed by atoms with Crippen molar-refractivity contribution in [2.75, 3.05) is 6.61 Å². The topological polar surface area (TPSA) is 18.5 Å². The van der Waals surface area contributed by atoms with Crippen LogP contribution < -0.4 is 9.47 Å². The highest BCUT2D eigenvalue weighted by atomic mass is 16.5. The van der Waals surface area contributed by atoms with Crippen molar-refractivity contribution in [1.82, 2.24) is 0 Å². The van der Waals surface area contributed by atoms with Gasteiger partial charge in [0, 0.05) is 5.92 Å². The molecule has 0 aliphatic rings. The number of rotatable bonds is 12. The van der Waals surface area contributed by atoms with Gasteiger partial charge in [0.15, 0.2) is 0 Å². The number of hydrogen-bond donors (Lipinski definition) is 0. The van der Waals surface area contributed by atoms with E-state index >= 15 is 0 Å². The molecule has 0 aromatic heterocycles. The summed E-state index contributed by atoms with van der Waals surface area (Å²) >= 11 is 0. The largest absolute Gasteiger partial charge is 0.493 e. The standard InChI is InChI=1S/C30H46O2/c1-8-9-10-11-12-13-14-28(25-17-21-27(22-18-25)32-30(5,6)7)24-15-19-26(20-16-24)31-23-29(2,3)4/h15-22,28H,8-14,23H2,1-7H3. The predicted octanol–water partition coefficient (Wildman–Crippen LogP) is 9.17. The van der Waals surface area contributed by atoms with Crippen molar-refractivity contribution in [3.8, 4) is 11.5 Å². The molecular formula is C30H46O2. The van der Waals surface area contributed by atoms with Gasteiger partial charge in [-0.15, -0.1) is 0 Å². The molecule has 0 amide bonds. The Morgan fingerprint density at radius 1 is 0.656 bits per heavy atom.